The Morgan fingerprint density at radius 2 is 1.83 bits per heavy atom. The molecule has 0 saturated heterocycles. The van der Waals surface area contributed by atoms with Crippen LogP contribution in [0, 0.1) is 6.92 Å². The van der Waals surface area contributed by atoms with Gasteiger partial charge in [-0.25, -0.2) is 13.8 Å². The fraction of sp³-hybridized carbons (Fsp3) is 0.208. The van der Waals surface area contributed by atoms with Crippen molar-refractivity contribution in [2.75, 3.05) is 11.9 Å². The van der Waals surface area contributed by atoms with Crippen molar-refractivity contribution in [3.8, 4) is 11.5 Å². The van der Waals surface area contributed by atoms with Gasteiger partial charge in [-0.05, 0) is 61.9 Å². The number of nitrogens with two attached hydrogens (primary N) is 1. The van der Waals surface area contributed by atoms with Crippen LogP contribution in [0.2, 0.25) is 0 Å². The Morgan fingerprint density at radius 3 is 2.46 bits per heavy atom. The number of benzene rings is 1. The molecular formula is C24H21F2N3O5S. The topological polar surface area (TPSA) is 117 Å². The Bertz CT molecular complexity index is 1380. The number of halogens is 2. The smallest absolute Gasteiger partial charge is 0.291 e. The Labute approximate surface area is 202 Å². The molecule has 35 heavy (non-hydrogen) atoms. The highest BCUT2D eigenvalue weighted by molar-refractivity contribution is 7.21. The first kappa shape index (κ1) is 24.1. The number of thiophene rings is 1. The van der Waals surface area contributed by atoms with Crippen LogP contribution in [0.15, 0.2) is 46.9 Å². The average Bonchev–Trinajstić information content (AvgIpc) is 3.44. The van der Waals surface area contributed by atoms with Crippen LogP contribution in [-0.4, -0.2) is 23.4 Å². The third kappa shape index (κ3) is 5.24. The summed E-state index contributed by atoms with van der Waals surface area (Å²) in [7, 11) is 0. The summed E-state index contributed by atoms with van der Waals surface area (Å²) in [5.41, 5.74) is 5.57. The maximum atomic E-state index is 13.1. The predicted molar refractivity (Wildman–Crippen MR) is 126 cm³/mol. The van der Waals surface area contributed by atoms with Crippen LogP contribution in [0.3, 0.4) is 0 Å². The number of carbonyl (C=O) groups is 2. The van der Waals surface area contributed by atoms with Gasteiger partial charge in [0.1, 0.15) is 39.3 Å². The second-order valence-electron chi connectivity index (χ2n) is 7.43. The summed E-state index contributed by atoms with van der Waals surface area (Å²) >= 11 is 0.837. The fourth-order valence-electron chi connectivity index (χ4n) is 3.42. The fourth-order valence-corrected chi connectivity index (χ4v) is 4.48. The second-order valence-corrected chi connectivity index (χ2v) is 8.43. The van der Waals surface area contributed by atoms with E-state index in [9.17, 15) is 18.4 Å². The van der Waals surface area contributed by atoms with Gasteiger partial charge in [-0.15, -0.1) is 11.3 Å². The summed E-state index contributed by atoms with van der Waals surface area (Å²) in [6, 6.07) is 11.3. The van der Waals surface area contributed by atoms with Gasteiger partial charge < -0.3 is 24.9 Å². The van der Waals surface area contributed by atoms with Crippen LogP contribution < -0.4 is 20.5 Å². The van der Waals surface area contributed by atoms with Crippen LogP contribution in [0.25, 0.3) is 10.2 Å². The van der Waals surface area contributed by atoms with Gasteiger partial charge in [-0.2, -0.15) is 0 Å². The Kier molecular flexibility index (Phi) is 6.97. The molecule has 1 aromatic carbocycles. The molecule has 0 saturated carbocycles. The van der Waals surface area contributed by atoms with Crippen molar-refractivity contribution in [3.63, 3.8) is 0 Å². The standard InChI is InChI=1S/C24H21F2N3O5S/c1-3-32-13-4-6-14(7-5-13)33-11-15-8-9-17(34-15)23(31)29-19-18-12(2)10-16(21(25)26)28-24(18)35-20(19)22(27)30/h4-10,21H,3,11H2,1-2H3,(H2,27,30)(H,29,31). The highest BCUT2D eigenvalue weighted by atomic mass is 32.1. The molecule has 4 aromatic rings. The van der Waals surface area contributed by atoms with Gasteiger partial charge in [0.2, 0.25) is 0 Å². The largest absolute Gasteiger partial charge is 0.494 e. The first-order valence-electron chi connectivity index (χ1n) is 10.5. The first-order valence-corrected chi connectivity index (χ1v) is 11.4. The maximum Gasteiger partial charge on any atom is 0.291 e. The lowest BCUT2D eigenvalue weighted by atomic mass is 10.1. The van der Waals surface area contributed by atoms with Crippen LogP contribution in [-0.2, 0) is 6.61 Å². The van der Waals surface area contributed by atoms with Crippen molar-refractivity contribution in [2.24, 2.45) is 5.73 Å². The number of aryl methyl sites for hydroxylation is 1. The summed E-state index contributed by atoms with van der Waals surface area (Å²) in [5, 5.41) is 2.99. The molecule has 8 nitrogen and oxygen atoms in total. The Morgan fingerprint density at radius 1 is 1.14 bits per heavy atom. The molecule has 4 rings (SSSR count). The van der Waals surface area contributed by atoms with Gasteiger partial charge in [0, 0.05) is 5.39 Å². The summed E-state index contributed by atoms with van der Waals surface area (Å²) in [4.78, 5) is 28.9. The molecule has 0 radical (unpaired) electrons. The summed E-state index contributed by atoms with van der Waals surface area (Å²) < 4.78 is 42.9. The lowest BCUT2D eigenvalue weighted by Gasteiger charge is -2.07. The molecule has 182 valence electrons. The highest BCUT2D eigenvalue weighted by Crippen LogP contribution is 2.38. The van der Waals surface area contributed by atoms with E-state index in [-0.39, 0.29) is 27.8 Å². The van der Waals surface area contributed by atoms with Gasteiger partial charge in [0.15, 0.2) is 5.76 Å². The maximum absolute atomic E-state index is 13.1. The van der Waals surface area contributed by atoms with Gasteiger partial charge in [-0.1, -0.05) is 0 Å². The van der Waals surface area contributed by atoms with E-state index >= 15 is 0 Å². The third-order valence-corrected chi connectivity index (χ3v) is 6.06. The molecule has 0 unspecified atom stereocenters. The number of rotatable bonds is 9. The number of carbonyl (C=O) groups excluding carboxylic acids is 2. The first-order chi connectivity index (χ1) is 16.8. The second kappa shape index (κ2) is 10.1. The van der Waals surface area contributed by atoms with Gasteiger partial charge in [-0.3, -0.25) is 9.59 Å². The van der Waals surface area contributed by atoms with E-state index < -0.39 is 23.9 Å². The van der Waals surface area contributed by atoms with Crippen molar-refractivity contribution in [1.82, 2.24) is 4.98 Å². The number of pyridine rings is 1. The molecule has 0 spiro atoms. The quantitative estimate of drug-likeness (QED) is 0.314. The van der Waals surface area contributed by atoms with Crippen LogP contribution >= 0.6 is 11.3 Å². The molecule has 0 atom stereocenters. The van der Waals surface area contributed by atoms with E-state index in [1.54, 1.807) is 37.3 Å². The molecule has 3 N–H and O–H groups in total. The molecular weight excluding hydrogens is 480 g/mol. The van der Waals surface area contributed by atoms with Crippen molar-refractivity contribution < 1.29 is 32.3 Å². The lowest BCUT2D eigenvalue weighted by molar-refractivity contribution is 0.0992. The predicted octanol–water partition coefficient (Wildman–Crippen LogP) is 5.46. The Hall–Kier alpha value is -3.99. The number of nitrogens with zero attached hydrogens (tertiary/aromatic N) is 1. The molecule has 0 aliphatic rings. The zero-order valence-corrected chi connectivity index (χ0v) is 19.6. The van der Waals surface area contributed by atoms with E-state index in [2.05, 4.69) is 10.3 Å². The monoisotopic (exact) mass is 501 g/mol. The molecule has 3 aromatic heterocycles. The highest BCUT2D eigenvalue weighted by Gasteiger charge is 2.24. The van der Waals surface area contributed by atoms with Crippen LogP contribution in [0.1, 0.15) is 50.6 Å². The van der Waals surface area contributed by atoms with E-state index in [0.717, 1.165) is 17.1 Å². The number of ether oxygens (including phenoxy) is 2. The SMILES string of the molecule is CCOc1ccc(OCc2ccc(C(=O)Nc3c(C(N)=O)sc4nc(C(F)F)cc(C)c34)o2)cc1. The number of primary amides is 1. The Balaban J connectivity index is 1.51. The van der Waals surface area contributed by atoms with Crippen molar-refractivity contribution in [1.29, 1.82) is 0 Å². The van der Waals surface area contributed by atoms with Crippen LogP contribution in [0.4, 0.5) is 14.5 Å². The average molecular weight is 502 g/mol. The van der Waals surface area contributed by atoms with E-state index in [0.29, 0.717) is 29.1 Å². The summed E-state index contributed by atoms with van der Waals surface area (Å²) in [5.74, 6) is 0.234. The van der Waals surface area contributed by atoms with Gasteiger partial charge in [0.05, 0.1) is 12.3 Å². The summed E-state index contributed by atoms with van der Waals surface area (Å²) in [6.07, 6.45) is -2.78. The molecule has 0 aliphatic heterocycles. The number of alkyl halides is 2. The van der Waals surface area contributed by atoms with Crippen molar-refractivity contribution in [3.05, 3.63) is 70.1 Å². The number of anilines is 1. The van der Waals surface area contributed by atoms with E-state index in [4.69, 9.17) is 19.6 Å². The minimum atomic E-state index is -2.78. The lowest BCUT2D eigenvalue weighted by Crippen LogP contribution is -2.16. The molecule has 0 fully saturated rings. The van der Waals surface area contributed by atoms with Crippen molar-refractivity contribution in [2.45, 2.75) is 26.9 Å². The number of fused-ring (bicyclic) bond motifs is 1. The van der Waals surface area contributed by atoms with Crippen LogP contribution in [0.5, 0.6) is 11.5 Å². The molecule has 3 heterocycles. The number of aromatic nitrogens is 1. The zero-order valence-electron chi connectivity index (χ0n) is 18.8. The van der Waals surface area contributed by atoms with E-state index in [1.807, 2.05) is 6.92 Å². The number of furan rings is 1. The summed E-state index contributed by atoms with van der Waals surface area (Å²) in [6.45, 7) is 4.12. The minimum absolute atomic E-state index is 0.000906. The third-order valence-electron chi connectivity index (χ3n) is 4.97. The molecule has 0 aliphatic carbocycles. The number of hydrogen-bond donors (Lipinski definition) is 2. The molecule has 11 heteroatoms. The molecule has 2 amide bonds. The molecule has 0 bridgehead atoms. The number of nitrogens with one attached hydrogen (secondary N) is 1. The number of amides is 2. The zero-order chi connectivity index (χ0) is 25.1. The van der Waals surface area contributed by atoms with Gasteiger partial charge >= 0.3 is 0 Å². The van der Waals surface area contributed by atoms with E-state index in [1.165, 1.54) is 12.1 Å². The minimum Gasteiger partial charge on any atom is -0.494 e. The van der Waals surface area contributed by atoms with Gasteiger partial charge in [0.25, 0.3) is 18.2 Å². The van der Waals surface area contributed by atoms with Crippen molar-refractivity contribution >= 4 is 39.1 Å². The normalized spacial score (nSPS) is 11.1. The number of hydrogen-bond acceptors (Lipinski definition) is 7.